The van der Waals surface area contributed by atoms with Crippen LogP contribution in [0.5, 0.6) is 0 Å². The molecule has 1 heterocycles. The Labute approximate surface area is 178 Å². The Morgan fingerprint density at radius 3 is 1.97 bits per heavy atom. The van der Waals surface area contributed by atoms with Crippen molar-refractivity contribution in [1.82, 2.24) is 0 Å². The van der Waals surface area contributed by atoms with Crippen LogP contribution in [0.2, 0.25) is 10.0 Å². The number of halogens is 2. The van der Waals surface area contributed by atoms with Crippen molar-refractivity contribution < 1.29 is 19.1 Å². The van der Waals surface area contributed by atoms with Crippen LogP contribution in [0.25, 0.3) is 0 Å². The highest BCUT2D eigenvalue weighted by Crippen LogP contribution is 2.35. The molecule has 1 fully saturated rings. The number of ether oxygens (including phenoxy) is 1. The number of esters is 1. The third kappa shape index (κ3) is 3.99. The fraction of sp³-hybridized carbons (Fsp3) is 0.190. The Morgan fingerprint density at radius 2 is 1.48 bits per heavy atom. The number of hydrogen-bond acceptors (Lipinski definition) is 4. The summed E-state index contributed by atoms with van der Waals surface area (Å²) in [5, 5.41) is 0.839. The van der Waals surface area contributed by atoms with Gasteiger partial charge in [0.1, 0.15) is 5.70 Å². The molecule has 3 rings (SSSR count). The van der Waals surface area contributed by atoms with E-state index in [0.717, 1.165) is 27.0 Å². The summed E-state index contributed by atoms with van der Waals surface area (Å²) in [6.45, 7) is 5.42. The van der Waals surface area contributed by atoms with E-state index in [1.54, 1.807) is 37.3 Å². The van der Waals surface area contributed by atoms with Gasteiger partial charge in [0.2, 0.25) is 0 Å². The first-order chi connectivity index (χ1) is 13.7. The normalized spacial score (nSPS) is 15.4. The van der Waals surface area contributed by atoms with Crippen LogP contribution in [0.4, 0.5) is 16.2 Å². The van der Waals surface area contributed by atoms with Gasteiger partial charge in [0.05, 0.1) is 24.1 Å². The van der Waals surface area contributed by atoms with Gasteiger partial charge in [-0.05, 0) is 56.2 Å². The van der Waals surface area contributed by atoms with Crippen LogP contribution in [0, 0.1) is 13.8 Å². The first kappa shape index (κ1) is 20.9. The molecule has 0 spiro atoms. The van der Waals surface area contributed by atoms with E-state index in [9.17, 15) is 14.4 Å². The van der Waals surface area contributed by atoms with E-state index in [-0.39, 0.29) is 12.3 Å². The molecule has 2 aromatic rings. The van der Waals surface area contributed by atoms with Crippen molar-refractivity contribution in [3.05, 3.63) is 69.3 Å². The van der Waals surface area contributed by atoms with Gasteiger partial charge in [0.25, 0.3) is 5.91 Å². The summed E-state index contributed by atoms with van der Waals surface area (Å²) in [7, 11) is 0. The number of nitrogens with zero attached hydrogens (tertiary/aromatic N) is 2. The van der Waals surface area contributed by atoms with E-state index in [0.29, 0.717) is 21.4 Å². The lowest BCUT2D eigenvalue weighted by atomic mass is 10.2. The average molecular weight is 433 g/mol. The monoisotopic (exact) mass is 432 g/mol. The number of aryl methyl sites for hydroxylation is 2. The van der Waals surface area contributed by atoms with Crippen LogP contribution in [0.1, 0.15) is 18.1 Å². The van der Waals surface area contributed by atoms with Crippen molar-refractivity contribution in [3.8, 4) is 0 Å². The molecule has 3 amide bonds. The number of carbonyl (C=O) groups excluding carboxylic acids is 3. The molecule has 0 unspecified atom stereocenters. The molecule has 0 aromatic heterocycles. The lowest BCUT2D eigenvalue weighted by Gasteiger charge is -2.18. The van der Waals surface area contributed by atoms with Gasteiger partial charge >= 0.3 is 12.0 Å². The van der Waals surface area contributed by atoms with E-state index in [1.165, 1.54) is 6.07 Å². The van der Waals surface area contributed by atoms with Gasteiger partial charge in [-0.15, -0.1) is 0 Å². The summed E-state index contributed by atoms with van der Waals surface area (Å²) in [4.78, 5) is 40.4. The molecule has 29 heavy (non-hydrogen) atoms. The summed E-state index contributed by atoms with van der Waals surface area (Å²) in [5.74, 6) is -1.39. The zero-order chi connectivity index (χ0) is 21.3. The van der Waals surface area contributed by atoms with Gasteiger partial charge in [-0.2, -0.15) is 0 Å². The Bertz CT molecular complexity index is 1050. The molecule has 1 saturated heterocycles. The lowest BCUT2D eigenvalue weighted by Crippen LogP contribution is -2.33. The summed E-state index contributed by atoms with van der Waals surface area (Å²) in [6.07, 6.45) is 1.01. The van der Waals surface area contributed by atoms with Gasteiger partial charge in [-0.25, -0.2) is 14.5 Å². The number of amides is 3. The second-order valence-corrected chi connectivity index (χ2v) is 7.22. The molecule has 0 bridgehead atoms. The molecule has 0 saturated carbocycles. The third-order valence-electron chi connectivity index (χ3n) is 4.41. The minimum atomic E-state index is -0.726. The van der Waals surface area contributed by atoms with E-state index in [2.05, 4.69) is 0 Å². The number of rotatable bonds is 4. The van der Waals surface area contributed by atoms with E-state index >= 15 is 0 Å². The summed E-state index contributed by atoms with van der Waals surface area (Å²) >= 11 is 12.4. The van der Waals surface area contributed by atoms with Crippen LogP contribution < -0.4 is 9.80 Å². The highest BCUT2D eigenvalue weighted by atomic mass is 35.5. The standard InChI is InChI=1S/C21H18Cl2N2O4/c1-4-29-19(26)11-18-20(27)25(15-8-6-13(3)17(23)10-15)21(28)24(18)14-7-5-12(2)16(22)9-14/h5-11H,4H2,1-3H3/b18-11-. The molecule has 0 aliphatic carbocycles. The molecule has 0 atom stereocenters. The van der Waals surface area contributed by atoms with Gasteiger partial charge < -0.3 is 4.74 Å². The first-order valence-corrected chi connectivity index (χ1v) is 9.59. The third-order valence-corrected chi connectivity index (χ3v) is 5.23. The van der Waals surface area contributed by atoms with Crippen molar-refractivity contribution in [2.24, 2.45) is 0 Å². The zero-order valence-electron chi connectivity index (χ0n) is 16.0. The Hall–Kier alpha value is -2.83. The average Bonchev–Trinajstić information content (AvgIpc) is 2.90. The topological polar surface area (TPSA) is 66.9 Å². The summed E-state index contributed by atoms with van der Waals surface area (Å²) in [6, 6.07) is 9.14. The summed E-state index contributed by atoms with van der Waals surface area (Å²) in [5.41, 5.74) is 2.14. The number of imide groups is 1. The number of urea groups is 1. The smallest absolute Gasteiger partial charge is 0.340 e. The van der Waals surface area contributed by atoms with Crippen LogP contribution in [0.3, 0.4) is 0 Å². The second-order valence-electron chi connectivity index (χ2n) is 6.41. The number of anilines is 2. The first-order valence-electron chi connectivity index (χ1n) is 8.84. The Kier molecular flexibility index (Phi) is 5.96. The van der Waals surface area contributed by atoms with Crippen molar-refractivity contribution in [1.29, 1.82) is 0 Å². The van der Waals surface area contributed by atoms with E-state index < -0.39 is 17.9 Å². The minimum absolute atomic E-state index is 0.134. The maximum Gasteiger partial charge on any atom is 0.340 e. The number of hydrogen-bond donors (Lipinski definition) is 0. The molecular formula is C21H18Cl2N2O4. The molecule has 0 N–H and O–H groups in total. The fourth-order valence-electron chi connectivity index (χ4n) is 2.84. The second kappa shape index (κ2) is 8.27. The number of benzene rings is 2. The highest BCUT2D eigenvalue weighted by molar-refractivity contribution is 6.36. The molecule has 8 heteroatoms. The van der Waals surface area contributed by atoms with Gasteiger partial charge in [0.15, 0.2) is 0 Å². The molecule has 2 aromatic carbocycles. The number of carbonyl (C=O) groups is 3. The molecule has 1 aliphatic heterocycles. The lowest BCUT2D eigenvalue weighted by molar-refractivity contribution is -0.137. The molecule has 0 radical (unpaired) electrons. The maximum atomic E-state index is 13.2. The van der Waals surface area contributed by atoms with Gasteiger partial charge in [0, 0.05) is 10.0 Å². The predicted octanol–water partition coefficient (Wildman–Crippen LogP) is 5.03. The molecule has 150 valence electrons. The van der Waals surface area contributed by atoms with Crippen LogP contribution in [0.15, 0.2) is 48.2 Å². The van der Waals surface area contributed by atoms with Crippen molar-refractivity contribution in [2.45, 2.75) is 20.8 Å². The quantitative estimate of drug-likeness (QED) is 0.385. The summed E-state index contributed by atoms with van der Waals surface area (Å²) < 4.78 is 4.92. The molecule has 1 aliphatic rings. The Morgan fingerprint density at radius 1 is 0.966 bits per heavy atom. The minimum Gasteiger partial charge on any atom is -0.463 e. The van der Waals surface area contributed by atoms with Crippen molar-refractivity contribution in [3.63, 3.8) is 0 Å². The zero-order valence-corrected chi connectivity index (χ0v) is 17.5. The van der Waals surface area contributed by atoms with Crippen LogP contribution in [-0.4, -0.2) is 24.5 Å². The predicted molar refractivity (Wildman–Crippen MR) is 112 cm³/mol. The van der Waals surface area contributed by atoms with Crippen molar-refractivity contribution in [2.75, 3.05) is 16.4 Å². The molecular weight excluding hydrogens is 415 g/mol. The highest BCUT2D eigenvalue weighted by Gasteiger charge is 2.43. The fourth-order valence-corrected chi connectivity index (χ4v) is 3.19. The van der Waals surface area contributed by atoms with Gasteiger partial charge in [-0.3, -0.25) is 9.69 Å². The van der Waals surface area contributed by atoms with Crippen LogP contribution >= 0.6 is 23.2 Å². The molecule has 6 nitrogen and oxygen atoms in total. The SMILES string of the molecule is CCOC(=O)/C=C1/C(=O)N(c2ccc(C)c(Cl)c2)C(=O)N1c1ccc(C)c(Cl)c1. The maximum absolute atomic E-state index is 13.2. The Balaban J connectivity index is 2.13. The van der Waals surface area contributed by atoms with Crippen LogP contribution in [-0.2, 0) is 14.3 Å². The van der Waals surface area contributed by atoms with Gasteiger partial charge in [-0.1, -0.05) is 35.3 Å². The van der Waals surface area contributed by atoms with E-state index in [4.69, 9.17) is 27.9 Å². The van der Waals surface area contributed by atoms with E-state index in [1.807, 2.05) is 13.8 Å². The largest absolute Gasteiger partial charge is 0.463 e. The van der Waals surface area contributed by atoms with Crippen molar-refractivity contribution >= 4 is 52.5 Å².